The van der Waals surface area contributed by atoms with E-state index in [0.717, 1.165) is 5.52 Å². The number of rotatable bonds is 4. The van der Waals surface area contributed by atoms with E-state index in [4.69, 9.17) is 10.3 Å². The SMILES string of the molecule is NNC(=O)CCCn1c(=O)oc2ccccc21. The van der Waals surface area contributed by atoms with Crippen molar-refractivity contribution in [1.82, 2.24) is 9.99 Å². The number of aryl methyl sites for hydroxylation is 1. The van der Waals surface area contributed by atoms with E-state index in [9.17, 15) is 9.59 Å². The summed E-state index contributed by atoms with van der Waals surface area (Å²) in [6, 6.07) is 7.18. The normalized spacial score (nSPS) is 10.6. The molecule has 1 heterocycles. The summed E-state index contributed by atoms with van der Waals surface area (Å²) in [5.74, 6) is 4.32. The molecule has 1 aromatic carbocycles. The molecule has 0 unspecified atom stereocenters. The van der Waals surface area contributed by atoms with Gasteiger partial charge in [0, 0.05) is 13.0 Å². The molecule has 0 aliphatic rings. The Morgan fingerprint density at radius 3 is 2.94 bits per heavy atom. The number of carbonyl (C=O) groups is 1. The lowest BCUT2D eigenvalue weighted by Gasteiger charge is -2.01. The van der Waals surface area contributed by atoms with Gasteiger partial charge in [-0.2, -0.15) is 0 Å². The maximum Gasteiger partial charge on any atom is 0.419 e. The van der Waals surface area contributed by atoms with Gasteiger partial charge < -0.3 is 4.42 Å². The number of oxazole rings is 1. The van der Waals surface area contributed by atoms with E-state index in [1.165, 1.54) is 4.57 Å². The van der Waals surface area contributed by atoms with Crippen molar-refractivity contribution >= 4 is 17.0 Å². The standard InChI is InChI=1S/C11H13N3O3/c12-13-10(15)6-3-7-14-8-4-1-2-5-9(8)17-11(14)16/h1-2,4-5H,3,6-7,12H2,(H,13,15). The highest BCUT2D eigenvalue weighted by Crippen LogP contribution is 2.12. The van der Waals surface area contributed by atoms with Crippen molar-refractivity contribution in [2.75, 3.05) is 0 Å². The van der Waals surface area contributed by atoms with Crippen molar-refractivity contribution < 1.29 is 9.21 Å². The van der Waals surface area contributed by atoms with E-state index >= 15 is 0 Å². The predicted molar refractivity (Wildman–Crippen MR) is 62.0 cm³/mol. The second-order valence-electron chi connectivity index (χ2n) is 3.66. The zero-order valence-electron chi connectivity index (χ0n) is 9.18. The van der Waals surface area contributed by atoms with Crippen LogP contribution in [0.4, 0.5) is 0 Å². The van der Waals surface area contributed by atoms with Crippen molar-refractivity contribution in [3.63, 3.8) is 0 Å². The van der Waals surface area contributed by atoms with Crippen LogP contribution in [0.3, 0.4) is 0 Å². The molecule has 0 saturated heterocycles. The van der Waals surface area contributed by atoms with E-state index in [2.05, 4.69) is 0 Å². The third-order valence-electron chi connectivity index (χ3n) is 2.52. The van der Waals surface area contributed by atoms with Gasteiger partial charge in [-0.3, -0.25) is 14.8 Å². The molecule has 3 N–H and O–H groups in total. The van der Waals surface area contributed by atoms with Crippen LogP contribution in [0.5, 0.6) is 0 Å². The number of carbonyl (C=O) groups excluding carboxylic acids is 1. The number of benzene rings is 1. The van der Waals surface area contributed by atoms with Crippen LogP contribution in [-0.2, 0) is 11.3 Å². The van der Waals surface area contributed by atoms with E-state index in [1.807, 2.05) is 17.6 Å². The molecule has 17 heavy (non-hydrogen) atoms. The maximum atomic E-state index is 11.6. The van der Waals surface area contributed by atoms with Gasteiger partial charge in [0.25, 0.3) is 0 Å². The highest BCUT2D eigenvalue weighted by Gasteiger charge is 2.08. The summed E-state index contributed by atoms with van der Waals surface area (Å²) >= 11 is 0. The van der Waals surface area contributed by atoms with Gasteiger partial charge in [0.05, 0.1) is 5.52 Å². The Balaban J connectivity index is 2.15. The molecule has 0 spiro atoms. The van der Waals surface area contributed by atoms with Gasteiger partial charge in [0.2, 0.25) is 5.91 Å². The number of nitrogens with zero attached hydrogens (tertiary/aromatic N) is 1. The number of nitrogens with two attached hydrogens (primary N) is 1. The van der Waals surface area contributed by atoms with Crippen molar-refractivity contribution in [1.29, 1.82) is 0 Å². The monoisotopic (exact) mass is 235 g/mol. The first-order chi connectivity index (χ1) is 8.22. The van der Waals surface area contributed by atoms with Crippen LogP contribution in [0, 0.1) is 0 Å². The average Bonchev–Trinajstić information content (AvgIpc) is 2.66. The van der Waals surface area contributed by atoms with Crippen LogP contribution in [0.1, 0.15) is 12.8 Å². The number of amides is 1. The number of hydrazine groups is 1. The summed E-state index contributed by atoms with van der Waals surface area (Å²) in [6.45, 7) is 0.434. The largest absolute Gasteiger partial charge is 0.419 e. The van der Waals surface area contributed by atoms with Gasteiger partial charge in [-0.25, -0.2) is 10.6 Å². The summed E-state index contributed by atoms with van der Waals surface area (Å²) in [6.07, 6.45) is 0.814. The molecule has 0 aliphatic heterocycles. The molecule has 6 heteroatoms. The third kappa shape index (κ3) is 2.36. The van der Waals surface area contributed by atoms with Crippen LogP contribution in [0.25, 0.3) is 11.1 Å². The quantitative estimate of drug-likeness (QED) is 0.455. The lowest BCUT2D eigenvalue weighted by atomic mass is 10.3. The fraction of sp³-hybridized carbons (Fsp3) is 0.273. The lowest BCUT2D eigenvalue weighted by Crippen LogP contribution is -2.30. The fourth-order valence-electron chi connectivity index (χ4n) is 1.70. The minimum absolute atomic E-state index is 0.245. The van der Waals surface area contributed by atoms with Gasteiger partial charge in [-0.05, 0) is 18.6 Å². The predicted octanol–water partition coefficient (Wildman–Crippen LogP) is 0.365. The number of para-hydroxylation sites is 2. The highest BCUT2D eigenvalue weighted by atomic mass is 16.4. The summed E-state index contributed by atoms with van der Waals surface area (Å²) < 4.78 is 6.58. The van der Waals surface area contributed by atoms with E-state index in [0.29, 0.717) is 18.5 Å². The molecule has 0 saturated carbocycles. The Kier molecular flexibility index (Phi) is 3.24. The first-order valence-corrected chi connectivity index (χ1v) is 5.30. The summed E-state index contributed by atoms with van der Waals surface area (Å²) in [5, 5.41) is 0. The van der Waals surface area contributed by atoms with Crippen molar-refractivity contribution in [2.24, 2.45) is 5.84 Å². The Morgan fingerprint density at radius 1 is 1.41 bits per heavy atom. The highest BCUT2D eigenvalue weighted by molar-refractivity contribution is 5.75. The minimum atomic E-state index is -0.403. The number of fused-ring (bicyclic) bond motifs is 1. The molecular weight excluding hydrogens is 222 g/mol. The second kappa shape index (κ2) is 4.84. The van der Waals surface area contributed by atoms with Gasteiger partial charge >= 0.3 is 5.76 Å². The average molecular weight is 235 g/mol. The molecule has 0 fully saturated rings. The van der Waals surface area contributed by atoms with Gasteiger partial charge in [-0.15, -0.1) is 0 Å². The molecule has 0 atom stereocenters. The molecule has 0 bridgehead atoms. The van der Waals surface area contributed by atoms with Crippen LogP contribution >= 0.6 is 0 Å². The van der Waals surface area contributed by atoms with Gasteiger partial charge in [0.15, 0.2) is 5.58 Å². The summed E-state index contributed by atoms with van der Waals surface area (Å²) in [5.41, 5.74) is 3.34. The molecule has 0 radical (unpaired) electrons. The molecule has 6 nitrogen and oxygen atoms in total. The van der Waals surface area contributed by atoms with E-state index in [1.54, 1.807) is 12.1 Å². The van der Waals surface area contributed by atoms with Crippen molar-refractivity contribution in [3.8, 4) is 0 Å². The van der Waals surface area contributed by atoms with Crippen molar-refractivity contribution in [2.45, 2.75) is 19.4 Å². The minimum Gasteiger partial charge on any atom is -0.408 e. The number of hydrogen-bond acceptors (Lipinski definition) is 4. The topological polar surface area (TPSA) is 90.3 Å². The van der Waals surface area contributed by atoms with Crippen molar-refractivity contribution in [3.05, 3.63) is 34.8 Å². The summed E-state index contributed by atoms with van der Waals surface area (Å²) in [4.78, 5) is 22.5. The Morgan fingerprint density at radius 2 is 2.18 bits per heavy atom. The Labute approximate surface area is 97.0 Å². The van der Waals surface area contributed by atoms with Crippen LogP contribution in [0.15, 0.2) is 33.5 Å². The molecule has 90 valence electrons. The lowest BCUT2D eigenvalue weighted by molar-refractivity contribution is -0.121. The smallest absolute Gasteiger partial charge is 0.408 e. The Hall–Kier alpha value is -2.08. The number of aromatic nitrogens is 1. The fourth-order valence-corrected chi connectivity index (χ4v) is 1.70. The number of nitrogens with one attached hydrogen (secondary N) is 1. The van der Waals surface area contributed by atoms with Gasteiger partial charge in [-0.1, -0.05) is 12.1 Å². The zero-order valence-corrected chi connectivity index (χ0v) is 9.18. The first kappa shape index (κ1) is 11.4. The maximum absolute atomic E-state index is 11.6. The van der Waals surface area contributed by atoms with Crippen LogP contribution < -0.4 is 17.0 Å². The third-order valence-corrected chi connectivity index (χ3v) is 2.52. The molecule has 2 rings (SSSR count). The molecule has 2 aromatic rings. The van der Waals surface area contributed by atoms with E-state index < -0.39 is 5.76 Å². The van der Waals surface area contributed by atoms with Crippen LogP contribution in [-0.4, -0.2) is 10.5 Å². The second-order valence-corrected chi connectivity index (χ2v) is 3.66. The first-order valence-electron chi connectivity index (χ1n) is 5.30. The summed E-state index contributed by atoms with van der Waals surface area (Å²) in [7, 11) is 0. The van der Waals surface area contributed by atoms with Crippen LogP contribution in [0.2, 0.25) is 0 Å². The Bertz CT molecular complexity index is 585. The zero-order chi connectivity index (χ0) is 12.3. The molecule has 0 aliphatic carbocycles. The molecular formula is C11H13N3O3. The van der Waals surface area contributed by atoms with Gasteiger partial charge in [0.1, 0.15) is 0 Å². The number of hydrogen-bond donors (Lipinski definition) is 2. The molecule has 1 amide bonds. The van der Waals surface area contributed by atoms with E-state index in [-0.39, 0.29) is 12.3 Å². The molecule has 1 aromatic heterocycles.